The van der Waals surface area contributed by atoms with E-state index in [1.54, 1.807) is 0 Å². The predicted molar refractivity (Wildman–Crippen MR) is 82.4 cm³/mol. The molecule has 0 amide bonds. The number of phenols is 1. The summed E-state index contributed by atoms with van der Waals surface area (Å²) in [4.78, 5) is 9.97. The van der Waals surface area contributed by atoms with Crippen LogP contribution in [0.3, 0.4) is 0 Å². The summed E-state index contributed by atoms with van der Waals surface area (Å²) in [6.45, 7) is 0. The Morgan fingerprint density at radius 1 is 1.25 bits per heavy atom. The van der Waals surface area contributed by atoms with Crippen LogP contribution in [-0.4, -0.2) is 16.2 Å². The van der Waals surface area contributed by atoms with Gasteiger partial charge >= 0.3 is 11.9 Å². The number of aromatic hydroxyl groups is 1. The number of nitro groups is 1. The van der Waals surface area contributed by atoms with Gasteiger partial charge in [-0.1, -0.05) is 11.6 Å². The highest BCUT2D eigenvalue weighted by molar-refractivity contribution is 6.31. The van der Waals surface area contributed by atoms with Crippen molar-refractivity contribution in [1.82, 2.24) is 0 Å². The molecule has 0 bridgehead atoms. The van der Waals surface area contributed by atoms with Crippen molar-refractivity contribution in [3.63, 3.8) is 0 Å². The predicted octanol–water partition coefficient (Wildman–Crippen LogP) is 4.42. The molecule has 6 nitrogen and oxygen atoms in total. The van der Waals surface area contributed by atoms with Gasteiger partial charge in [0.1, 0.15) is 0 Å². The van der Waals surface area contributed by atoms with E-state index in [9.17, 15) is 28.4 Å². The van der Waals surface area contributed by atoms with E-state index in [2.05, 4.69) is 10.5 Å². The summed E-state index contributed by atoms with van der Waals surface area (Å²) in [6, 6.07) is 6.32. The number of hydrazone groups is 1. The van der Waals surface area contributed by atoms with Gasteiger partial charge in [0, 0.05) is 16.7 Å². The van der Waals surface area contributed by atoms with Crippen LogP contribution in [0.4, 0.5) is 24.5 Å². The quantitative estimate of drug-likeness (QED) is 0.480. The van der Waals surface area contributed by atoms with E-state index in [1.807, 2.05) is 0 Å². The zero-order chi connectivity index (χ0) is 17.9. The molecule has 2 N–H and O–H groups in total. The lowest BCUT2D eigenvalue weighted by atomic mass is 10.2. The average molecular weight is 360 g/mol. The molecule has 2 aromatic carbocycles. The second kappa shape index (κ2) is 6.75. The van der Waals surface area contributed by atoms with Crippen molar-refractivity contribution in [1.29, 1.82) is 0 Å². The molecule has 0 heterocycles. The number of rotatable bonds is 4. The largest absolute Gasteiger partial charge is 0.502 e. The monoisotopic (exact) mass is 359 g/mol. The maximum Gasteiger partial charge on any atom is 0.416 e. The third-order valence-electron chi connectivity index (χ3n) is 2.89. The van der Waals surface area contributed by atoms with Crippen molar-refractivity contribution < 1.29 is 23.2 Å². The van der Waals surface area contributed by atoms with Crippen molar-refractivity contribution >= 4 is 29.2 Å². The van der Waals surface area contributed by atoms with Crippen molar-refractivity contribution in [2.75, 3.05) is 5.43 Å². The number of anilines is 1. The lowest BCUT2D eigenvalue weighted by Gasteiger charge is -2.07. The highest BCUT2D eigenvalue weighted by Crippen LogP contribution is 2.32. The first-order valence-corrected chi connectivity index (χ1v) is 6.69. The number of nitrogens with zero attached hydrogens (tertiary/aromatic N) is 2. The van der Waals surface area contributed by atoms with Gasteiger partial charge in [-0.15, -0.1) is 0 Å². The molecule has 0 spiro atoms. The van der Waals surface area contributed by atoms with Gasteiger partial charge in [-0.2, -0.15) is 18.3 Å². The smallest absolute Gasteiger partial charge is 0.416 e. The molecule has 0 unspecified atom stereocenters. The van der Waals surface area contributed by atoms with Crippen LogP contribution >= 0.6 is 11.6 Å². The molecule has 0 fully saturated rings. The molecule has 0 radical (unpaired) electrons. The summed E-state index contributed by atoms with van der Waals surface area (Å²) < 4.78 is 37.3. The first kappa shape index (κ1) is 17.5. The van der Waals surface area contributed by atoms with Crippen LogP contribution in [0.1, 0.15) is 11.1 Å². The van der Waals surface area contributed by atoms with Crippen molar-refractivity contribution in [3.8, 4) is 5.75 Å². The summed E-state index contributed by atoms with van der Waals surface area (Å²) in [5, 5.41) is 24.3. The van der Waals surface area contributed by atoms with Crippen LogP contribution in [-0.2, 0) is 6.18 Å². The summed E-state index contributed by atoms with van der Waals surface area (Å²) >= 11 is 5.72. The number of alkyl halides is 3. The SMILES string of the molecule is O=[N+]([O-])c1cc(Cl)cc(/C=N/Nc2ccc(C(F)(F)F)cc2)c1O. The fourth-order valence-electron chi connectivity index (χ4n) is 1.75. The Labute approximate surface area is 138 Å². The van der Waals surface area contributed by atoms with E-state index in [0.717, 1.165) is 24.4 Å². The van der Waals surface area contributed by atoms with Gasteiger partial charge in [-0.05, 0) is 30.3 Å². The van der Waals surface area contributed by atoms with Crippen LogP contribution in [0.5, 0.6) is 5.75 Å². The highest BCUT2D eigenvalue weighted by atomic mass is 35.5. The summed E-state index contributed by atoms with van der Waals surface area (Å²) in [5.74, 6) is -0.623. The molecule has 2 rings (SSSR count). The first-order valence-electron chi connectivity index (χ1n) is 6.31. The summed E-state index contributed by atoms with van der Waals surface area (Å²) in [5.41, 5.74) is 1.29. The Hall–Kier alpha value is -2.81. The minimum atomic E-state index is -4.44. The Balaban J connectivity index is 2.16. The number of hydrogen-bond acceptors (Lipinski definition) is 5. The number of nitro benzene ring substituents is 1. The standard InChI is InChI=1S/C14H9ClF3N3O3/c15-10-5-8(13(22)12(6-10)21(23)24)7-19-20-11-3-1-9(2-4-11)14(16,17)18/h1-7,20,22H/b19-7+. The summed E-state index contributed by atoms with van der Waals surface area (Å²) in [7, 11) is 0. The Morgan fingerprint density at radius 2 is 1.88 bits per heavy atom. The number of nitrogens with one attached hydrogen (secondary N) is 1. The van der Waals surface area contributed by atoms with Gasteiger partial charge < -0.3 is 5.11 Å². The lowest BCUT2D eigenvalue weighted by molar-refractivity contribution is -0.385. The average Bonchev–Trinajstić information content (AvgIpc) is 2.49. The molecule has 0 aliphatic rings. The second-order valence-corrected chi connectivity index (χ2v) is 5.00. The fraction of sp³-hybridized carbons (Fsp3) is 0.0714. The fourth-order valence-corrected chi connectivity index (χ4v) is 1.97. The van der Waals surface area contributed by atoms with Crippen LogP contribution < -0.4 is 5.43 Å². The van der Waals surface area contributed by atoms with Crippen LogP contribution in [0.2, 0.25) is 5.02 Å². The molecule has 0 aliphatic heterocycles. The molecular formula is C14H9ClF3N3O3. The minimum Gasteiger partial charge on any atom is -0.502 e. The van der Waals surface area contributed by atoms with E-state index in [4.69, 9.17) is 11.6 Å². The molecule has 24 heavy (non-hydrogen) atoms. The van der Waals surface area contributed by atoms with E-state index < -0.39 is 28.1 Å². The van der Waals surface area contributed by atoms with Crippen molar-refractivity contribution in [3.05, 3.63) is 62.7 Å². The van der Waals surface area contributed by atoms with Gasteiger partial charge in [0.05, 0.1) is 22.4 Å². The molecule has 10 heteroatoms. The van der Waals surface area contributed by atoms with E-state index in [0.29, 0.717) is 0 Å². The Morgan fingerprint density at radius 3 is 2.42 bits per heavy atom. The summed E-state index contributed by atoms with van der Waals surface area (Å²) in [6.07, 6.45) is -3.38. The topological polar surface area (TPSA) is 87.8 Å². The zero-order valence-electron chi connectivity index (χ0n) is 11.7. The van der Waals surface area contributed by atoms with Gasteiger partial charge in [-0.25, -0.2) is 0 Å². The Kier molecular flexibility index (Phi) is 4.93. The van der Waals surface area contributed by atoms with Crippen LogP contribution in [0.15, 0.2) is 41.5 Å². The van der Waals surface area contributed by atoms with Gasteiger partial charge in [-0.3, -0.25) is 15.5 Å². The third kappa shape index (κ3) is 4.13. The molecule has 2 aromatic rings. The number of benzene rings is 2. The molecular weight excluding hydrogens is 351 g/mol. The highest BCUT2D eigenvalue weighted by Gasteiger charge is 2.29. The normalized spacial score (nSPS) is 11.7. The van der Waals surface area contributed by atoms with E-state index in [1.165, 1.54) is 18.2 Å². The number of halogens is 4. The molecule has 0 atom stereocenters. The zero-order valence-corrected chi connectivity index (χ0v) is 12.5. The van der Waals surface area contributed by atoms with Crippen LogP contribution in [0.25, 0.3) is 0 Å². The second-order valence-electron chi connectivity index (χ2n) is 4.56. The third-order valence-corrected chi connectivity index (χ3v) is 3.11. The lowest BCUT2D eigenvalue weighted by Crippen LogP contribution is -2.04. The number of hydrogen-bond donors (Lipinski definition) is 2. The van der Waals surface area contributed by atoms with Crippen molar-refractivity contribution in [2.45, 2.75) is 6.18 Å². The van der Waals surface area contributed by atoms with Crippen molar-refractivity contribution in [2.24, 2.45) is 5.10 Å². The molecule has 0 saturated heterocycles. The first-order chi connectivity index (χ1) is 11.2. The minimum absolute atomic E-state index is 0.0198. The molecule has 0 saturated carbocycles. The Bertz CT molecular complexity index is 792. The van der Waals surface area contributed by atoms with Gasteiger partial charge in [0.2, 0.25) is 5.75 Å². The van der Waals surface area contributed by atoms with Gasteiger partial charge in [0.15, 0.2) is 0 Å². The van der Waals surface area contributed by atoms with Gasteiger partial charge in [0.25, 0.3) is 0 Å². The van der Waals surface area contributed by atoms with Crippen LogP contribution in [0, 0.1) is 10.1 Å². The maximum atomic E-state index is 12.4. The number of phenolic OH excluding ortho intramolecular Hbond substituents is 1. The van der Waals surface area contributed by atoms with E-state index in [-0.39, 0.29) is 16.3 Å². The molecule has 0 aromatic heterocycles. The maximum absolute atomic E-state index is 12.4. The molecule has 126 valence electrons. The molecule has 0 aliphatic carbocycles. The van der Waals surface area contributed by atoms with E-state index >= 15 is 0 Å².